The number of aromatic nitrogens is 3. The first kappa shape index (κ1) is 18.1. The lowest BCUT2D eigenvalue weighted by Crippen LogP contribution is -2.28. The average Bonchev–Trinajstić information content (AvgIpc) is 3.07. The Kier molecular flexibility index (Phi) is 5.99. The van der Waals surface area contributed by atoms with Crippen LogP contribution < -0.4 is 10.6 Å². The third kappa shape index (κ3) is 4.09. The molecule has 1 aliphatic rings. The first-order valence-electron chi connectivity index (χ1n) is 9.25. The highest BCUT2D eigenvalue weighted by atomic mass is 16.2. The van der Waals surface area contributed by atoms with Crippen LogP contribution in [0.15, 0.2) is 24.5 Å². The summed E-state index contributed by atoms with van der Waals surface area (Å²) in [7, 11) is 0. The largest absolute Gasteiger partial charge is 0.349 e. The molecule has 0 bridgehead atoms. The first-order chi connectivity index (χ1) is 12.7. The lowest BCUT2D eigenvalue weighted by atomic mass is 10.1. The number of hydrogen-bond acceptors (Lipinski definition) is 4. The van der Waals surface area contributed by atoms with Crippen LogP contribution in [0.25, 0.3) is 0 Å². The normalized spacial score (nSPS) is 13.1. The fraction of sp³-hybridized carbons (Fsp3) is 0.474. The van der Waals surface area contributed by atoms with Crippen molar-refractivity contribution >= 4 is 11.8 Å². The highest BCUT2D eigenvalue weighted by Gasteiger charge is 2.27. The lowest BCUT2D eigenvalue weighted by Gasteiger charge is -2.17. The van der Waals surface area contributed by atoms with Crippen LogP contribution in [0.4, 0.5) is 0 Å². The number of pyridine rings is 1. The minimum atomic E-state index is -0.236. The van der Waals surface area contributed by atoms with Gasteiger partial charge in [-0.1, -0.05) is 13.3 Å². The molecular weight excluding hydrogens is 330 g/mol. The molecule has 0 spiro atoms. The summed E-state index contributed by atoms with van der Waals surface area (Å²) in [5, 5.41) is 5.79. The number of fused-ring (bicyclic) bond motifs is 1. The fourth-order valence-electron chi connectivity index (χ4n) is 3.12. The molecule has 3 rings (SSSR count). The Bertz CT molecular complexity index is 770. The van der Waals surface area contributed by atoms with Gasteiger partial charge in [-0.05, 0) is 43.4 Å². The van der Waals surface area contributed by atoms with E-state index in [0.717, 1.165) is 49.9 Å². The van der Waals surface area contributed by atoms with E-state index in [1.807, 2.05) is 16.7 Å². The van der Waals surface area contributed by atoms with Crippen LogP contribution in [0.5, 0.6) is 0 Å². The third-order valence-corrected chi connectivity index (χ3v) is 4.55. The zero-order valence-electron chi connectivity index (χ0n) is 15.1. The Balaban J connectivity index is 1.76. The molecule has 7 nitrogen and oxygen atoms in total. The van der Waals surface area contributed by atoms with E-state index >= 15 is 0 Å². The zero-order valence-corrected chi connectivity index (χ0v) is 15.1. The van der Waals surface area contributed by atoms with Crippen LogP contribution in [0.2, 0.25) is 0 Å². The molecule has 0 saturated heterocycles. The van der Waals surface area contributed by atoms with Crippen molar-refractivity contribution in [2.24, 2.45) is 0 Å². The van der Waals surface area contributed by atoms with Gasteiger partial charge >= 0.3 is 0 Å². The lowest BCUT2D eigenvalue weighted by molar-refractivity contribution is 0.0937. The van der Waals surface area contributed by atoms with Crippen molar-refractivity contribution in [1.82, 2.24) is 25.2 Å². The van der Waals surface area contributed by atoms with Crippen molar-refractivity contribution in [3.05, 3.63) is 47.3 Å². The monoisotopic (exact) mass is 355 g/mol. The first-order valence-corrected chi connectivity index (χ1v) is 9.25. The average molecular weight is 355 g/mol. The Labute approximate surface area is 153 Å². The number of imidazole rings is 1. The van der Waals surface area contributed by atoms with Crippen LogP contribution in [-0.4, -0.2) is 32.9 Å². The summed E-state index contributed by atoms with van der Waals surface area (Å²) in [4.78, 5) is 33.5. The molecule has 0 saturated carbocycles. The van der Waals surface area contributed by atoms with Crippen LogP contribution in [0, 0.1) is 0 Å². The maximum atomic E-state index is 12.7. The second kappa shape index (κ2) is 8.60. The molecular formula is C19H25N5O2. The van der Waals surface area contributed by atoms with Crippen molar-refractivity contribution in [1.29, 1.82) is 0 Å². The molecule has 2 amide bonds. The zero-order chi connectivity index (χ0) is 18.4. The topological polar surface area (TPSA) is 88.9 Å². The molecule has 0 fully saturated rings. The molecule has 1 aliphatic heterocycles. The van der Waals surface area contributed by atoms with Gasteiger partial charge in [-0.3, -0.25) is 14.6 Å². The second-order valence-corrected chi connectivity index (χ2v) is 6.49. The number of nitrogens with one attached hydrogen (secondary N) is 2. The molecule has 3 heterocycles. The van der Waals surface area contributed by atoms with Crippen LogP contribution in [0.1, 0.15) is 65.0 Å². The van der Waals surface area contributed by atoms with Crippen LogP contribution in [0.3, 0.4) is 0 Å². The predicted octanol–water partition coefficient (Wildman–Crippen LogP) is 2.07. The smallest absolute Gasteiger partial charge is 0.287 e. The SMILES string of the molecule is CCCCNC(=O)c1nc(C(=O)NCc2ccncc2)c2n1CCCC2. The van der Waals surface area contributed by atoms with E-state index in [0.29, 0.717) is 24.6 Å². The van der Waals surface area contributed by atoms with E-state index in [2.05, 4.69) is 27.5 Å². The quantitative estimate of drug-likeness (QED) is 0.744. The molecule has 0 aliphatic carbocycles. The number of carbonyl (C=O) groups excluding carboxylic acids is 2. The standard InChI is InChI=1S/C19H25N5O2/c1-2-3-9-21-19(26)17-23-16(15-6-4-5-12-24(15)17)18(25)22-13-14-7-10-20-11-8-14/h7-8,10-11H,2-6,9,12-13H2,1H3,(H,21,26)(H,22,25). The maximum Gasteiger partial charge on any atom is 0.287 e. The van der Waals surface area contributed by atoms with E-state index in [1.165, 1.54) is 0 Å². The molecule has 0 unspecified atom stereocenters. The summed E-state index contributed by atoms with van der Waals surface area (Å²) in [5.41, 5.74) is 2.21. The van der Waals surface area contributed by atoms with Gasteiger partial charge in [0.05, 0.1) is 5.69 Å². The van der Waals surface area contributed by atoms with Gasteiger partial charge in [0.25, 0.3) is 11.8 Å². The van der Waals surface area contributed by atoms with Gasteiger partial charge in [0.1, 0.15) is 5.69 Å². The van der Waals surface area contributed by atoms with Crippen molar-refractivity contribution in [2.75, 3.05) is 6.54 Å². The van der Waals surface area contributed by atoms with E-state index < -0.39 is 0 Å². The molecule has 2 aromatic heterocycles. The van der Waals surface area contributed by atoms with Crippen LogP contribution >= 0.6 is 0 Å². The number of amides is 2. The summed E-state index contributed by atoms with van der Waals surface area (Å²) in [5.74, 6) is -0.0836. The van der Waals surface area contributed by atoms with Gasteiger partial charge in [0, 0.05) is 32.0 Å². The van der Waals surface area contributed by atoms with E-state index in [9.17, 15) is 9.59 Å². The molecule has 138 valence electrons. The number of carbonyl (C=O) groups is 2. The van der Waals surface area contributed by atoms with Crippen LogP contribution in [-0.2, 0) is 19.5 Å². The van der Waals surface area contributed by atoms with Crippen molar-refractivity contribution in [3.63, 3.8) is 0 Å². The number of hydrogen-bond donors (Lipinski definition) is 2. The van der Waals surface area contributed by atoms with Gasteiger partial charge in [0.15, 0.2) is 5.82 Å². The minimum Gasteiger partial charge on any atom is -0.349 e. The van der Waals surface area contributed by atoms with E-state index in [4.69, 9.17) is 0 Å². The highest BCUT2D eigenvalue weighted by molar-refractivity contribution is 5.97. The highest BCUT2D eigenvalue weighted by Crippen LogP contribution is 2.21. The number of nitrogens with zero attached hydrogens (tertiary/aromatic N) is 3. The summed E-state index contributed by atoms with van der Waals surface area (Å²) < 4.78 is 1.91. The van der Waals surface area contributed by atoms with Crippen molar-refractivity contribution in [3.8, 4) is 0 Å². The Hall–Kier alpha value is -2.70. The fourth-order valence-corrected chi connectivity index (χ4v) is 3.12. The van der Waals surface area contributed by atoms with Gasteiger partial charge in [-0.2, -0.15) is 0 Å². The summed E-state index contributed by atoms with van der Waals surface area (Å²) in [6, 6.07) is 3.71. The summed E-state index contributed by atoms with van der Waals surface area (Å²) in [6.07, 6.45) is 8.11. The summed E-state index contributed by atoms with van der Waals surface area (Å²) in [6.45, 7) is 3.85. The molecule has 0 atom stereocenters. The van der Waals surface area contributed by atoms with Crippen molar-refractivity contribution < 1.29 is 9.59 Å². The van der Waals surface area contributed by atoms with Gasteiger partial charge in [-0.25, -0.2) is 4.98 Å². The van der Waals surface area contributed by atoms with Gasteiger partial charge < -0.3 is 15.2 Å². The molecule has 26 heavy (non-hydrogen) atoms. The Morgan fingerprint density at radius 2 is 1.96 bits per heavy atom. The second-order valence-electron chi connectivity index (χ2n) is 6.49. The number of rotatable bonds is 7. The van der Waals surface area contributed by atoms with Gasteiger partial charge in [0.2, 0.25) is 0 Å². The number of unbranched alkanes of at least 4 members (excludes halogenated alkanes) is 1. The van der Waals surface area contributed by atoms with E-state index in [-0.39, 0.29) is 11.8 Å². The minimum absolute atomic E-state index is 0.199. The molecule has 2 N–H and O–H groups in total. The molecule has 7 heteroatoms. The maximum absolute atomic E-state index is 12.7. The molecule has 0 radical (unpaired) electrons. The summed E-state index contributed by atoms with van der Waals surface area (Å²) >= 11 is 0. The Morgan fingerprint density at radius 1 is 1.15 bits per heavy atom. The van der Waals surface area contributed by atoms with Gasteiger partial charge in [-0.15, -0.1) is 0 Å². The molecule has 0 aromatic carbocycles. The van der Waals surface area contributed by atoms with Crippen molar-refractivity contribution in [2.45, 2.75) is 52.1 Å². The Morgan fingerprint density at radius 3 is 2.73 bits per heavy atom. The van der Waals surface area contributed by atoms with E-state index in [1.54, 1.807) is 12.4 Å². The predicted molar refractivity (Wildman–Crippen MR) is 97.8 cm³/mol. The third-order valence-electron chi connectivity index (χ3n) is 4.55. The molecule has 2 aromatic rings.